The van der Waals surface area contributed by atoms with Crippen LogP contribution in [0.2, 0.25) is 5.02 Å². The van der Waals surface area contributed by atoms with Crippen LogP contribution in [-0.2, 0) is 9.59 Å². The van der Waals surface area contributed by atoms with Crippen LogP contribution < -0.4 is 4.74 Å². The molecule has 0 N–H and O–H groups in total. The molecule has 5 rings (SSSR count). The Balaban J connectivity index is 1.27. The molecule has 3 fully saturated rings. The Bertz CT molecular complexity index is 1190. The maximum absolute atomic E-state index is 13.6. The maximum atomic E-state index is 13.6. The number of rotatable bonds is 5. The first-order valence-corrected chi connectivity index (χ1v) is 13.6. The molecule has 2 heterocycles. The third-order valence-corrected chi connectivity index (χ3v) is 8.60. The Morgan fingerprint density at radius 3 is 2.21 bits per heavy atom. The second-order valence-electron chi connectivity index (χ2n) is 11.0. The van der Waals surface area contributed by atoms with Crippen LogP contribution in [0.3, 0.4) is 0 Å². The lowest BCUT2D eigenvalue weighted by atomic mass is 9.93. The molecule has 38 heavy (non-hydrogen) atoms. The predicted octanol–water partition coefficient (Wildman–Crippen LogP) is 4.94. The number of hydrogen-bond acceptors (Lipinski definition) is 4. The minimum Gasteiger partial charge on any atom is -0.410 e. The molecule has 3 aliphatic rings. The predicted molar refractivity (Wildman–Crippen MR) is 141 cm³/mol. The van der Waals surface area contributed by atoms with Crippen molar-refractivity contribution in [2.75, 3.05) is 33.2 Å². The highest BCUT2D eigenvalue weighted by molar-refractivity contribution is 6.30. The monoisotopic (exact) mass is 541 g/mol. The first-order valence-electron chi connectivity index (χ1n) is 13.2. The Labute approximate surface area is 227 Å². The second-order valence-corrected chi connectivity index (χ2v) is 11.5. The summed E-state index contributed by atoms with van der Waals surface area (Å²) in [7, 11) is 1.66. The molecule has 9 heteroatoms. The molecule has 1 aliphatic carbocycles. The Morgan fingerprint density at radius 2 is 1.61 bits per heavy atom. The van der Waals surface area contributed by atoms with Gasteiger partial charge in [-0.1, -0.05) is 30.7 Å². The van der Waals surface area contributed by atoms with Crippen molar-refractivity contribution in [3.63, 3.8) is 0 Å². The summed E-state index contributed by atoms with van der Waals surface area (Å²) in [6, 6.07) is 12.4. The van der Waals surface area contributed by atoms with Gasteiger partial charge in [0.25, 0.3) is 0 Å². The van der Waals surface area contributed by atoms with Crippen molar-refractivity contribution in [3.8, 4) is 5.75 Å². The van der Waals surface area contributed by atoms with Crippen molar-refractivity contribution < 1.29 is 23.5 Å². The Kier molecular flexibility index (Phi) is 7.36. The number of benzene rings is 2. The first-order chi connectivity index (χ1) is 18.1. The Hall–Kier alpha value is -3.13. The third-order valence-electron chi connectivity index (χ3n) is 8.35. The molecule has 0 radical (unpaired) electrons. The van der Waals surface area contributed by atoms with E-state index in [1.807, 2.05) is 41.0 Å². The van der Waals surface area contributed by atoms with E-state index in [2.05, 4.69) is 0 Å². The van der Waals surface area contributed by atoms with E-state index >= 15 is 0 Å². The molecule has 2 aliphatic heterocycles. The van der Waals surface area contributed by atoms with Crippen LogP contribution in [0.5, 0.6) is 5.75 Å². The van der Waals surface area contributed by atoms with Gasteiger partial charge in [-0.25, -0.2) is 9.18 Å². The van der Waals surface area contributed by atoms with Crippen LogP contribution >= 0.6 is 11.6 Å². The fourth-order valence-electron chi connectivity index (χ4n) is 5.58. The molecule has 2 saturated heterocycles. The van der Waals surface area contributed by atoms with Gasteiger partial charge in [-0.05, 0) is 67.6 Å². The number of halogens is 2. The maximum Gasteiger partial charge on any atom is 0.415 e. The molecule has 0 unspecified atom stereocenters. The highest BCUT2D eigenvalue weighted by Gasteiger charge is 2.48. The van der Waals surface area contributed by atoms with E-state index in [4.69, 9.17) is 16.3 Å². The lowest BCUT2D eigenvalue weighted by Crippen LogP contribution is -2.46. The van der Waals surface area contributed by atoms with E-state index in [1.165, 1.54) is 29.2 Å². The van der Waals surface area contributed by atoms with E-state index in [0.29, 0.717) is 44.0 Å². The van der Waals surface area contributed by atoms with Gasteiger partial charge in [0.2, 0.25) is 11.8 Å². The zero-order valence-corrected chi connectivity index (χ0v) is 22.5. The van der Waals surface area contributed by atoms with Crippen molar-refractivity contribution in [3.05, 3.63) is 64.9 Å². The van der Waals surface area contributed by atoms with Crippen molar-refractivity contribution in [1.82, 2.24) is 14.7 Å². The number of likely N-dealkylation sites (N-methyl/N-ethyl adjacent to an activating group) is 1. The zero-order valence-electron chi connectivity index (χ0n) is 21.7. The van der Waals surface area contributed by atoms with Crippen molar-refractivity contribution in [1.29, 1.82) is 0 Å². The largest absolute Gasteiger partial charge is 0.415 e. The minimum absolute atomic E-state index is 0.0662. The molecule has 202 valence electrons. The lowest BCUT2D eigenvalue weighted by molar-refractivity contribution is -0.142. The molecule has 2 aromatic carbocycles. The SMILES string of the molecule is CN(C(=O)Oc1ccc(F)cc1)[C@H]1CN(C(=O)C2CCN(C(=O)C3(C)CC3)CC2)C[C@@H]1c1ccc(Cl)cc1. The fraction of sp³-hybridized carbons (Fsp3) is 0.483. The number of nitrogens with zero attached hydrogens (tertiary/aromatic N) is 3. The summed E-state index contributed by atoms with van der Waals surface area (Å²) < 4.78 is 18.8. The minimum atomic E-state index is -0.574. The number of carbonyl (C=O) groups excluding carboxylic acids is 3. The lowest BCUT2D eigenvalue weighted by Gasteiger charge is -2.34. The first kappa shape index (κ1) is 26.5. The average molecular weight is 542 g/mol. The number of hydrogen-bond donors (Lipinski definition) is 0. The molecule has 0 aromatic heterocycles. The highest BCUT2D eigenvalue weighted by atomic mass is 35.5. The fourth-order valence-corrected chi connectivity index (χ4v) is 5.70. The van der Waals surface area contributed by atoms with Crippen LogP contribution in [0.25, 0.3) is 0 Å². The summed E-state index contributed by atoms with van der Waals surface area (Å²) in [4.78, 5) is 44.6. The van der Waals surface area contributed by atoms with Gasteiger partial charge in [-0.15, -0.1) is 0 Å². The molecule has 2 atom stereocenters. The smallest absolute Gasteiger partial charge is 0.410 e. The van der Waals surface area contributed by atoms with Gasteiger partial charge in [0.15, 0.2) is 0 Å². The normalized spacial score (nSPS) is 22.7. The van der Waals surface area contributed by atoms with Crippen LogP contribution in [0, 0.1) is 17.2 Å². The number of piperidine rings is 1. The van der Waals surface area contributed by atoms with Crippen molar-refractivity contribution in [2.45, 2.75) is 44.6 Å². The average Bonchev–Trinajstić information content (AvgIpc) is 3.52. The van der Waals surface area contributed by atoms with Gasteiger partial charge in [0.05, 0.1) is 6.04 Å². The van der Waals surface area contributed by atoms with Gasteiger partial charge < -0.3 is 19.4 Å². The molecule has 0 spiro atoms. The van der Waals surface area contributed by atoms with Gasteiger partial charge >= 0.3 is 6.09 Å². The summed E-state index contributed by atoms with van der Waals surface area (Å²) in [6.07, 6.45) is 2.62. The zero-order chi connectivity index (χ0) is 27.0. The van der Waals surface area contributed by atoms with Gasteiger partial charge in [-0.3, -0.25) is 9.59 Å². The molecule has 2 aromatic rings. The van der Waals surface area contributed by atoms with E-state index in [-0.39, 0.29) is 40.9 Å². The van der Waals surface area contributed by atoms with E-state index in [9.17, 15) is 18.8 Å². The number of amides is 3. The summed E-state index contributed by atoms with van der Waals surface area (Å²) >= 11 is 6.11. The topological polar surface area (TPSA) is 70.2 Å². The highest BCUT2D eigenvalue weighted by Crippen LogP contribution is 2.47. The van der Waals surface area contributed by atoms with E-state index in [0.717, 1.165) is 18.4 Å². The van der Waals surface area contributed by atoms with Crippen LogP contribution in [0.1, 0.15) is 44.1 Å². The number of ether oxygens (including phenoxy) is 1. The number of carbonyl (C=O) groups is 3. The van der Waals surface area contributed by atoms with Gasteiger partial charge in [0.1, 0.15) is 11.6 Å². The van der Waals surface area contributed by atoms with Crippen LogP contribution in [0.15, 0.2) is 48.5 Å². The van der Waals surface area contributed by atoms with Crippen LogP contribution in [-0.4, -0.2) is 71.9 Å². The van der Waals surface area contributed by atoms with Gasteiger partial charge in [-0.2, -0.15) is 0 Å². The molecular weight excluding hydrogens is 509 g/mol. The van der Waals surface area contributed by atoms with Crippen LogP contribution in [0.4, 0.5) is 9.18 Å². The molecular formula is C29H33ClFN3O4. The van der Waals surface area contributed by atoms with Crippen molar-refractivity contribution in [2.24, 2.45) is 11.3 Å². The van der Waals surface area contributed by atoms with Crippen molar-refractivity contribution >= 4 is 29.5 Å². The molecule has 1 saturated carbocycles. The summed E-state index contributed by atoms with van der Waals surface area (Å²) in [5.41, 5.74) is 0.784. The molecule has 7 nitrogen and oxygen atoms in total. The van der Waals surface area contributed by atoms with E-state index < -0.39 is 11.9 Å². The second kappa shape index (κ2) is 10.6. The van der Waals surface area contributed by atoms with E-state index in [1.54, 1.807) is 7.05 Å². The molecule has 0 bridgehead atoms. The quantitative estimate of drug-likeness (QED) is 0.537. The summed E-state index contributed by atoms with van der Waals surface area (Å²) in [6.45, 7) is 4.07. The standard InChI is InChI=1S/C29H33ClFN3O4/c1-29(13-14-29)27(36)33-15-11-20(12-16-33)26(35)34-17-24(19-3-5-21(30)6-4-19)25(18-34)32(2)28(37)38-23-9-7-22(31)8-10-23/h3-10,20,24-25H,11-18H2,1-2H3/t24-,25+/m1/s1. The summed E-state index contributed by atoms with van der Waals surface area (Å²) in [5.74, 6) is -0.155. The number of likely N-dealkylation sites (tertiary alicyclic amines) is 2. The third kappa shape index (κ3) is 5.51. The molecule has 3 amide bonds. The Morgan fingerprint density at radius 1 is 0.974 bits per heavy atom. The van der Waals surface area contributed by atoms with Gasteiger partial charge in [0, 0.05) is 55.5 Å². The summed E-state index contributed by atoms with van der Waals surface area (Å²) in [5, 5.41) is 0.613.